The summed E-state index contributed by atoms with van der Waals surface area (Å²) < 4.78 is 18.3. The average molecular weight is 401 g/mol. The maximum Gasteiger partial charge on any atom is 0.289 e. The summed E-state index contributed by atoms with van der Waals surface area (Å²) in [6.45, 7) is 0.393. The van der Waals surface area contributed by atoms with E-state index in [2.05, 4.69) is 4.98 Å². The molecule has 0 aliphatic heterocycles. The van der Waals surface area contributed by atoms with Gasteiger partial charge in [0.2, 0.25) is 0 Å². The van der Waals surface area contributed by atoms with Crippen molar-refractivity contribution in [2.45, 2.75) is 17.5 Å². The Kier molecular flexibility index (Phi) is 6.30. The fourth-order valence-electron chi connectivity index (χ4n) is 2.70. The van der Waals surface area contributed by atoms with Gasteiger partial charge >= 0.3 is 0 Å². The second-order valence-corrected chi connectivity index (χ2v) is 7.16. The van der Waals surface area contributed by atoms with Gasteiger partial charge in [0.15, 0.2) is 10.9 Å². The van der Waals surface area contributed by atoms with E-state index in [-0.39, 0.29) is 5.91 Å². The molecule has 7 nitrogen and oxygen atoms in total. The zero-order valence-electron chi connectivity index (χ0n) is 16.3. The number of ether oxygens (including phenoxy) is 2. The van der Waals surface area contributed by atoms with Crippen molar-refractivity contribution in [2.24, 2.45) is 7.05 Å². The number of aromatic nitrogens is 2. The van der Waals surface area contributed by atoms with Crippen LogP contribution < -0.4 is 9.47 Å². The third kappa shape index (κ3) is 4.51. The van der Waals surface area contributed by atoms with E-state index >= 15 is 0 Å². The summed E-state index contributed by atoms with van der Waals surface area (Å²) in [5.74, 6) is 2.83. The fraction of sp³-hybridized carbons (Fsp3) is 0.300. The first-order valence-corrected chi connectivity index (χ1v) is 9.65. The summed E-state index contributed by atoms with van der Waals surface area (Å²) >= 11 is 1.56. The quantitative estimate of drug-likeness (QED) is 0.537. The number of amides is 1. The van der Waals surface area contributed by atoms with E-state index in [0.29, 0.717) is 29.6 Å². The minimum absolute atomic E-state index is 0.189. The Morgan fingerprint density at radius 2 is 2.07 bits per heavy atom. The summed E-state index contributed by atoms with van der Waals surface area (Å²) in [6, 6.07) is 9.06. The van der Waals surface area contributed by atoms with Crippen LogP contribution in [-0.2, 0) is 19.3 Å². The van der Waals surface area contributed by atoms with Gasteiger partial charge in [-0.15, -0.1) is 0 Å². The van der Waals surface area contributed by atoms with Crippen LogP contribution in [0.1, 0.15) is 21.9 Å². The van der Waals surface area contributed by atoms with Crippen LogP contribution in [0.3, 0.4) is 0 Å². The van der Waals surface area contributed by atoms with Gasteiger partial charge in [-0.05, 0) is 24.3 Å². The van der Waals surface area contributed by atoms with Crippen LogP contribution in [0.15, 0.2) is 52.3 Å². The molecule has 3 rings (SSSR count). The van der Waals surface area contributed by atoms with E-state index in [4.69, 9.17) is 13.9 Å². The number of carbonyl (C=O) groups is 1. The summed E-state index contributed by atoms with van der Waals surface area (Å²) in [7, 11) is 6.87. The van der Waals surface area contributed by atoms with Gasteiger partial charge in [-0.25, -0.2) is 4.98 Å². The topological polar surface area (TPSA) is 69.7 Å². The Morgan fingerprint density at radius 1 is 1.25 bits per heavy atom. The molecule has 8 heteroatoms. The highest BCUT2D eigenvalue weighted by molar-refractivity contribution is 7.98. The SMILES string of the molecule is COc1ccc(CN(C)C(=O)c2ccc(CSc3nccn3C)o2)c(OC)c1. The van der Waals surface area contributed by atoms with Crippen LogP contribution >= 0.6 is 11.8 Å². The van der Waals surface area contributed by atoms with Crippen LogP contribution in [0.25, 0.3) is 0 Å². The number of hydrogen-bond donors (Lipinski definition) is 0. The predicted octanol–water partition coefficient (Wildman–Crippen LogP) is 3.59. The summed E-state index contributed by atoms with van der Waals surface area (Å²) in [4.78, 5) is 18.6. The highest BCUT2D eigenvalue weighted by atomic mass is 32.2. The molecule has 0 saturated heterocycles. The number of benzene rings is 1. The Morgan fingerprint density at radius 3 is 2.75 bits per heavy atom. The van der Waals surface area contributed by atoms with Crippen LogP contribution in [0.4, 0.5) is 0 Å². The summed E-state index contributed by atoms with van der Waals surface area (Å²) in [5, 5.41) is 0.896. The summed E-state index contributed by atoms with van der Waals surface area (Å²) in [5.41, 5.74) is 0.885. The van der Waals surface area contributed by atoms with E-state index in [1.54, 1.807) is 56.3 Å². The van der Waals surface area contributed by atoms with Crippen molar-refractivity contribution in [3.8, 4) is 11.5 Å². The molecular weight excluding hydrogens is 378 g/mol. The third-order valence-electron chi connectivity index (χ3n) is 4.24. The Bertz CT molecular complexity index is 951. The lowest BCUT2D eigenvalue weighted by molar-refractivity contribution is 0.0751. The molecule has 0 bridgehead atoms. The molecular formula is C20H23N3O4S. The van der Waals surface area contributed by atoms with Gasteiger partial charge in [-0.3, -0.25) is 4.79 Å². The van der Waals surface area contributed by atoms with Crippen molar-refractivity contribution in [1.82, 2.24) is 14.5 Å². The van der Waals surface area contributed by atoms with Gasteiger partial charge in [-0.2, -0.15) is 0 Å². The Labute approximate surface area is 168 Å². The number of aryl methyl sites for hydroxylation is 1. The molecule has 0 fully saturated rings. The number of furan rings is 1. The van der Waals surface area contributed by atoms with Crippen LogP contribution in [0, 0.1) is 0 Å². The molecule has 3 aromatic rings. The molecule has 0 aliphatic carbocycles. The van der Waals surface area contributed by atoms with Crippen molar-refractivity contribution in [3.63, 3.8) is 0 Å². The van der Waals surface area contributed by atoms with Crippen LogP contribution in [-0.4, -0.2) is 41.6 Å². The van der Waals surface area contributed by atoms with Gasteiger partial charge in [0.25, 0.3) is 5.91 Å². The molecule has 2 heterocycles. The lowest BCUT2D eigenvalue weighted by atomic mass is 10.1. The average Bonchev–Trinajstić information content (AvgIpc) is 3.34. The van der Waals surface area contributed by atoms with E-state index in [1.165, 1.54) is 0 Å². The molecule has 148 valence electrons. The molecule has 0 N–H and O–H groups in total. The number of thioether (sulfide) groups is 1. The highest BCUT2D eigenvalue weighted by Gasteiger charge is 2.18. The lowest BCUT2D eigenvalue weighted by Gasteiger charge is -2.18. The van der Waals surface area contributed by atoms with E-state index in [0.717, 1.165) is 16.5 Å². The Balaban J connectivity index is 1.64. The van der Waals surface area contributed by atoms with Gasteiger partial charge in [-0.1, -0.05) is 11.8 Å². The van der Waals surface area contributed by atoms with Gasteiger partial charge in [0.05, 0.1) is 20.0 Å². The number of rotatable bonds is 8. The maximum atomic E-state index is 12.7. The first-order valence-electron chi connectivity index (χ1n) is 8.67. The van der Waals surface area contributed by atoms with Crippen LogP contribution in [0.2, 0.25) is 0 Å². The minimum Gasteiger partial charge on any atom is -0.497 e. The summed E-state index contributed by atoms with van der Waals surface area (Å²) in [6.07, 6.45) is 3.64. The molecule has 1 amide bonds. The van der Waals surface area contributed by atoms with Crippen molar-refractivity contribution < 1.29 is 18.7 Å². The van der Waals surface area contributed by atoms with Crippen molar-refractivity contribution in [3.05, 3.63) is 59.8 Å². The highest BCUT2D eigenvalue weighted by Crippen LogP contribution is 2.26. The number of nitrogens with zero attached hydrogens (tertiary/aromatic N) is 3. The van der Waals surface area contributed by atoms with Crippen molar-refractivity contribution >= 4 is 17.7 Å². The smallest absolute Gasteiger partial charge is 0.289 e. The van der Waals surface area contributed by atoms with Crippen molar-refractivity contribution in [1.29, 1.82) is 0 Å². The first kappa shape index (κ1) is 19.9. The predicted molar refractivity (Wildman–Crippen MR) is 107 cm³/mol. The standard InChI is InChI=1S/C20H23N3O4S/c1-22-10-9-21-20(22)28-13-16-7-8-17(27-16)19(24)23(2)12-14-5-6-15(25-3)11-18(14)26-4/h5-11H,12-13H2,1-4H3. The normalized spacial score (nSPS) is 10.7. The van der Waals surface area contributed by atoms with E-state index in [9.17, 15) is 4.79 Å². The zero-order chi connectivity index (χ0) is 20.1. The third-order valence-corrected chi connectivity index (χ3v) is 5.32. The lowest BCUT2D eigenvalue weighted by Crippen LogP contribution is -2.26. The molecule has 0 atom stereocenters. The monoisotopic (exact) mass is 401 g/mol. The number of imidazole rings is 1. The molecule has 28 heavy (non-hydrogen) atoms. The molecule has 0 saturated carbocycles. The molecule has 0 aliphatic rings. The minimum atomic E-state index is -0.189. The van der Waals surface area contributed by atoms with Crippen LogP contribution in [0.5, 0.6) is 11.5 Å². The van der Waals surface area contributed by atoms with Gasteiger partial charge in [0, 0.05) is 44.7 Å². The Hall–Kier alpha value is -2.87. The van der Waals surface area contributed by atoms with Gasteiger partial charge < -0.3 is 23.4 Å². The number of hydrogen-bond acceptors (Lipinski definition) is 6. The molecule has 1 aromatic carbocycles. The molecule has 0 radical (unpaired) electrons. The molecule has 2 aromatic heterocycles. The largest absolute Gasteiger partial charge is 0.497 e. The van der Waals surface area contributed by atoms with E-state index < -0.39 is 0 Å². The number of carbonyl (C=O) groups excluding carboxylic acids is 1. The second kappa shape index (κ2) is 8.88. The van der Waals surface area contributed by atoms with E-state index in [1.807, 2.05) is 36.0 Å². The molecule has 0 unspecified atom stereocenters. The van der Waals surface area contributed by atoms with Gasteiger partial charge in [0.1, 0.15) is 17.3 Å². The second-order valence-electron chi connectivity index (χ2n) is 6.21. The van der Waals surface area contributed by atoms with Crippen molar-refractivity contribution in [2.75, 3.05) is 21.3 Å². The number of methoxy groups -OCH3 is 2. The zero-order valence-corrected chi connectivity index (χ0v) is 17.2. The first-order chi connectivity index (χ1) is 13.5. The maximum absolute atomic E-state index is 12.7. The molecule has 0 spiro atoms. The fourth-order valence-corrected chi connectivity index (χ4v) is 3.52.